The van der Waals surface area contributed by atoms with E-state index in [-0.39, 0.29) is 0 Å². The highest BCUT2D eigenvalue weighted by atomic mass is 35.5. The average Bonchev–Trinajstić information content (AvgIpc) is 2.70. The van der Waals surface area contributed by atoms with Crippen LogP contribution in [-0.4, -0.2) is 6.61 Å². The molecule has 0 aliphatic rings. The van der Waals surface area contributed by atoms with E-state index in [0.717, 1.165) is 29.2 Å². The van der Waals surface area contributed by atoms with Gasteiger partial charge in [-0.25, -0.2) is 0 Å². The molecule has 3 nitrogen and oxygen atoms in total. The van der Waals surface area contributed by atoms with E-state index in [2.05, 4.69) is 36.5 Å². The molecule has 29 heavy (non-hydrogen) atoms. The predicted octanol–water partition coefficient (Wildman–Crippen LogP) is 6.57. The van der Waals surface area contributed by atoms with Crippen LogP contribution in [-0.2, 0) is 19.7 Å². The van der Waals surface area contributed by atoms with Gasteiger partial charge in [-0.15, -0.1) is 0 Å². The summed E-state index contributed by atoms with van der Waals surface area (Å²) in [5, 5.41) is 4.68. The molecule has 0 unspecified atom stereocenters. The van der Waals surface area contributed by atoms with Crippen LogP contribution in [0.1, 0.15) is 29.2 Å². The Balaban J connectivity index is 1.72. The molecule has 0 saturated carbocycles. The Hall–Kier alpha value is -2.20. The molecule has 1 N–H and O–H groups in total. The Kier molecular flexibility index (Phi) is 7.82. The zero-order valence-electron chi connectivity index (χ0n) is 16.7. The lowest BCUT2D eigenvalue weighted by Crippen LogP contribution is -2.14. The molecule has 0 saturated heterocycles. The van der Waals surface area contributed by atoms with E-state index in [9.17, 15) is 0 Å². The number of benzene rings is 3. The van der Waals surface area contributed by atoms with Crippen LogP contribution in [0.15, 0.2) is 60.7 Å². The molecule has 0 atom stereocenters. The zero-order valence-corrected chi connectivity index (χ0v) is 18.2. The Morgan fingerprint density at radius 3 is 2.38 bits per heavy atom. The maximum absolute atomic E-state index is 6.29. The molecule has 3 rings (SSSR count). The fourth-order valence-electron chi connectivity index (χ4n) is 2.97. The minimum atomic E-state index is 0.338. The van der Waals surface area contributed by atoms with Crippen LogP contribution < -0.4 is 14.8 Å². The minimum absolute atomic E-state index is 0.338. The molecule has 0 aliphatic heterocycles. The van der Waals surface area contributed by atoms with Crippen molar-refractivity contribution in [3.63, 3.8) is 0 Å². The van der Waals surface area contributed by atoms with Gasteiger partial charge in [0.25, 0.3) is 0 Å². The van der Waals surface area contributed by atoms with Crippen LogP contribution in [0.25, 0.3) is 0 Å². The number of rotatable bonds is 9. The van der Waals surface area contributed by atoms with Gasteiger partial charge in [-0.05, 0) is 37.6 Å². The monoisotopic (exact) mass is 429 g/mol. The van der Waals surface area contributed by atoms with Gasteiger partial charge in [-0.1, -0.05) is 71.2 Å². The van der Waals surface area contributed by atoms with E-state index in [1.54, 1.807) is 6.07 Å². The van der Waals surface area contributed by atoms with Crippen molar-refractivity contribution in [1.82, 2.24) is 5.32 Å². The largest absolute Gasteiger partial charge is 0.490 e. The first-order valence-corrected chi connectivity index (χ1v) is 10.4. The molecule has 0 heterocycles. The van der Waals surface area contributed by atoms with Crippen molar-refractivity contribution >= 4 is 23.2 Å². The summed E-state index contributed by atoms with van der Waals surface area (Å²) < 4.78 is 11.9. The summed E-state index contributed by atoms with van der Waals surface area (Å²) in [6.07, 6.45) is 0. The first kappa shape index (κ1) is 21.5. The second-order valence-electron chi connectivity index (χ2n) is 6.79. The average molecular weight is 430 g/mol. The van der Waals surface area contributed by atoms with E-state index >= 15 is 0 Å². The zero-order chi connectivity index (χ0) is 20.6. The van der Waals surface area contributed by atoms with Crippen molar-refractivity contribution in [2.45, 2.75) is 33.5 Å². The molecule has 0 amide bonds. The maximum Gasteiger partial charge on any atom is 0.166 e. The normalized spacial score (nSPS) is 10.8. The first-order chi connectivity index (χ1) is 14.1. The fraction of sp³-hybridized carbons (Fsp3) is 0.250. The number of nitrogens with one attached hydrogen (secondary N) is 1. The van der Waals surface area contributed by atoms with Gasteiger partial charge in [-0.2, -0.15) is 0 Å². The summed E-state index contributed by atoms with van der Waals surface area (Å²) in [5.41, 5.74) is 4.41. The van der Waals surface area contributed by atoms with E-state index in [1.165, 1.54) is 11.1 Å². The van der Waals surface area contributed by atoms with E-state index in [4.69, 9.17) is 32.7 Å². The quantitative estimate of drug-likeness (QED) is 0.417. The Morgan fingerprint density at radius 2 is 1.66 bits per heavy atom. The second-order valence-corrected chi connectivity index (χ2v) is 7.63. The Labute approximate surface area is 182 Å². The summed E-state index contributed by atoms with van der Waals surface area (Å²) in [7, 11) is 0. The van der Waals surface area contributed by atoms with Gasteiger partial charge in [0, 0.05) is 34.3 Å². The number of hydrogen-bond donors (Lipinski definition) is 1. The third-order valence-corrected chi connectivity index (χ3v) is 5.10. The predicted molar refractivity (Wildman–Crippen MR) is 120 cm³/mol. The molecule has 5 heteroatoms. The smallest absolute Gasteiger partial charge is 0.166 e. The Morgan fingerprint density at radius 1 is 0.862 bits per heavy atom. The minimum Gasteiger partial charge on any atom is -0.490 e. The van der Waals surface area contributed by atoms with Gasteiger partial charge in [-0.3, -0.25) is 0 Å². The molecular formula is C24H25Cl2NO2. The van der Waals surface area contributed by atoms with Crippen molar-refractivity contribution in [2.75, 3.05) is 6.61 Å². The van der Waals surface area contributed by atoms with Gasteiger partial charge >= 0.3 is 0 Å². The number of hydrogen-bond acceptors (Lipinski definition) is 3. The van der Waals surface area contributed by atoms with Gasteiger partial charge < -0.3 is 14.8 Å². The number of ether oxygens (including phenoxy) is 2. The van der Waals surface area contributed by atoms with E-state index < -0.39 is 0 Å². The van der Waals surface area contributed by atoms with Crippen molar-refractivity contribution < 1.29 is 9.47 Å². The molecule has 0 spiro atoms. The summed E-state index contributed by atoms with van der Waals surface area (Å²) in [4.78, 5) is 0. The highest BCUT2D eigenvalue weighted by Crippen LogP contribution is 2.33. The SMILES string of the molecule is CCOc1cccc(CNCc2ccc(C)cc2)c1OCc1ccc(Cl)cc1Cl. The molecule has 0 radical (unpaired) electrons. The van der Waals surface area contributed by atoms with Crippen molar-refractivity contribution in [1.29, 1.82) is 0 Å². The standard InChI is InChI=1S/C24H25Cl2NO2/c1-3-28-23-6-4-5-19(15-27-14-18-9-7-17(2)8-10-18)24(23)29-16-20-11-12-21(25)13-22(20)26/h4-13,27H,3,14-16H2,1-2H3. The van der Waals surface area contributed by atoms with Crippen molar-refractivity contribution in [2.24, 2.45) is 0 Å². The van der Waals surface area contributed by atoms with Gasteiger partial charge in [0.1, 0.15) is 6.61 Å². The number of aryl methyl sites for hydroxylation is 1. The first-order valence-electron chi connectivity index (χ1n) is 9.64. The molecule has 0 aliphatic carbocycles. The highest BCUT2D eigenvalue weighted by molar-refractivity contribution is 6.35. The van der Waals surface area contributed by atoms with Gasteiger partial charge in [0.2, 0.25) is 0 Å². The topological polar surface area (TPSA) is 30.5 Å². The van der Waals surface area contributed by atoms with Gasteiger partial charge in [0.05, 0.1) is 6.61 Å². The third-order valence-electron chi connectivity index (χ3n) is 4.51. The lowest BCUT2D eigenvalue weighted by Gasteiger charge is -2.17. The Bertz CT molecular complexity index is 942. The second kappa shape index (κ2) is 10.5. The molecule has 0 bridgehead atoms. The summed E-state index contributed by atoms with van der Waals surface area (Å²) >= 11 is 12.3. The van der Waals surface area contributed by atoms with Crippen LogP contribution in [0.4, 0.5) is 0 Å². The highest BCUT2D eigenvalue weighted by Gasteiger charge is 2.12. The lowest BCUT2D eigenvalue weighted by molar-refractivity contribution is 0.266. The summed E-state index contributed by atoms with van der Waals surface area (Å²) in [5.74, 6) is 1.46. The molecule has 0 fully saturated rings. The number of para-hydroxylation sites is 1. The lowest BCUT2D eigenvalue weighted by atomic mass is 10.1. The van der Waals surface area contributed by atoms with E-state index in [1.807, 2.05) is 37.3 Å². The van der Waals surface area contributed by atoms with Crippen molar-refractivity contribution in [3.8, 4) is 11.5 Å². The summed E-state index contributed by atoms with van der Waals surface area (Å²) in [6, 6.07) is 19.9. The van der Waals surface area contributed by atoms with Crippen LogP contribution in [0.3, 0.4) is 0 Å². The van der Waals surface area contributed by atoms with Crippen molar-refractivity contribution in [3.05, 3.63) is 93.0 Å². The molecule has 3 aromatic rings. The van der Waals surface area contributed by atoms with Crippen LogP contribution in [0, 0.1) is 6.92 Å². The number of halogens is 2. The fourth-order valence-corrected chi connectivity index (χ4v) is 3.43. The van der Waals surface area contributed by atoms with Crippen LogP contribution in [0.5, 0.6) is 11.5 Å². The molecule has 0 aromatic heterocycles. The maximum atomic E-state index is 6.29. The molecule has 152 valence electrons. The van der Waals surface area contributed by atoms with Gasteiger partial charge in [0.15, 0.2) is 11.5 Å². The molecular weight excluding hydrogens is 405 g/mol. The van der Waals surface area contributed by atoms with Crippen LogP contribution in [0.2, 0.25) is 10.0 Å². The third kappa shape index (κ3) is 6.14. The van der Waals surface area contributed by atoms with E-state index in [0.29, 0.717) is 29.8 Å². The molecule has 3 aromatic carbocycles. The van der Waals surface area contributed by atoms with Crippen LogP contribution >= 0.6 is 23.2 Å². The summed E-state index contributed by atoms with van der Waals surface area (Å²) in [6.45, 7) is 6.40.